The van der Waals surface area contributed by atoms with Gasteiger partial charge in [0, 0.05) is 47.8 Å². The quantitative estimate of drug-likeness (QED) is 0.232. The number of halogens is 1. The third kappa shape index (κ3) is 4.63. The number of hydrogen-bond acceptors (Lipinski definition) is 4. The van der Waals surface area contributed by atoms with Crippen molar-refractivity contribution < 1.29 is 13.9 Å². The Morgan fingerprint density at radius 1 is 1.05 bits per heavy atom. The molecule has 3 aromatic carbocycles. The van der Waals surface area contributed by atoms with Crippen molar-refractivity contribution in [1.29, 1.82) is 0 Å². The standard InChI is InChI=1S/C33H27FN4O3/c1-4-20-10-12-26-23(16-20)31(39)29(19(2)38(26)3)33(40)37-22-11-13-27(25(34)17-22)41-28-14-15-35-32-30(28)24(18-36-32)21-8-6-5-7-9-21/h5-18H,4H2,1-3H3,(H,35,36)(H,37,40). The zero-order chi connectivity index (χ0) is 28.7. The van der Waals surface area contributed by atoms with Gasteiger partial charge in [0.1, 0.15) is 17.0 Å². The number of aromatic nitrogens is 3. The van der Waals surface area contributed by atoms with E-state index in [9.17, 15) is 9.59 Å². The average Bonchev–Trinajstić information content (AvgIpc) is 3.43. The van der Waals surface area contributed by atoms with Gasteiger partial charge in [-0.15, -0.1) is 0 Å². The molecule has 0 saturated carbocycles. The molecule has 6 rings (SSSR count). The highest BCUT2D eigenvalue weighted by molar-refractivity contribution is 6.07. The maximum atomic E-state index is 15.3. The SMILES string of the molecule is CCc1ccc2c(c1)c(=O)c(C(=O)Nc1ccc(Oc3ccnc4[nH]cc(-c5ccccc5)c34)c(F)c1)c(C)n2C. The Labute approximate surface area is 235 Å². The summed E-state index contributed by atoms with van der Waals surface area (Å²) in [5.74, 6) is -0.843. The predicted molar refractivity (Wildman–Crippen MR) is 159 cm³/mol. The molecule has 7 nitrogen and oxygen atoms in total. The third-order valence-corrected chi connectivity index (χ3v) is 7.42. The van der Waals surface area contributed by atoms with Crippen LogP contribution in [0.3, 0.4) is 0 Å². The molecule has 0 aliphatic rings. The molecule has 1 amide bonds. The zero-order valence-electron chi connectivity index (χ0n) is 22.8. The Morgan fingerprint density at radius 3 is 2.61 bits per heavy atom. The van der Waals surface area contributed by atoms with Gasteiger partial charge in [-0.05, 0) is 54.8 Å². The van der Waals surface area contributed by atoms with E-state index in [2.05, 4.69) is 15.3 Å². The number of amides is 1. The number of carbonyl (C=O) groups excluding carboxylic acids is 1. The number of hydrogen-bond donors (Lipinski definition) is 2. The van der Waals surface area contributed by atoms with E-state index in [0.717, 1.165) is 34.0 Å². The summed E-state index contributed by atoms with van der Waals surface area (Å²) in [5.41, 5.74) is 4.61. The molecule has 8 heteroatoms. The normalized spacial score (nSPS) is 11.2. The summed E-state index contributed by atoms with van der Waals surface area (Å²) in [4.78, 5) is 34.2. The van der Waals surface area contributed by atoms with E-state index in [4.69, 9.17) is 4.74 Å². The lowest BCUT2D eigenvalue weighted by molar-refractivity contribution is 0.102. The smallest absolute Gasteiger partial charge is 0.261 e. The van der Waals surface area contributed by atoms with Gasteiger partial charge < -0.3 is 19.6 Å². The fourth-order valence-electron chi connectivity index (χ4n) is 5.12. The Balaban J connectivity index is 1.30. The lowest BCUT2D eigenvalue weighted by atomic mass is 10.0. The van der Waals surface area contributed by atoms with Crippen LogP contribution in [0.2, 0.25) is 0 Å². The molecule has 204 valence electrons. The van der Waals surface area contributed by atoms with Crippen LogP contribution in [-0.2, 0) is 13.5 Å². The molecule has 0 radical (unpaired) electrons. The van der Waals surface area contributed by atoms with Gasteiger partial charge in [-0.2, -0.15) is 0 Å². The highest BCUT2D eigenvalue weighted by atomic mass is 19.1. The summed E-state index contributed by atoms with van der Waals surface area (Å²) in [6, 6.07) is 21.3. The second-order valence-corrected chi connectivity index (χ2v) is 9.86. The van der Waals surface area contributed by atoms with Crippen LogP contribution in [0.4, 0.5) is 10.1 Å². The highest BCUT2D eigenvalue weighted by Crippen LogP contribution is 2.37. The summed E-state index contributed by atoms with van der Waals surface area (Å²) in [6.45, 7) is 3.73. The maximum Gasteiger partial charge on any atom is 0.261 e. The van der Waals surface area contributed by atoms with E-state index in [-0.39, 0.29) is 22.4 Å². The number of ether oxygens (including phenoxy) is 1. The number of aryl methyl sites for hydroxylation is 2. The number of benzene rings is 3. The van der Waals surface area contributed by atoms with E-state index in [1.54, 1.807) is 25.3 Å². The van der Waals surface area contributed by atoms with Gasteiger partial charge >= 0.3 is 0 Å². The van der Waals surface area contributed by atoms with E-state index < -0.39 is 11.7 Å². The first-order valence-electron chi connectivity index (χ1n) is 13.3. The molecule has 0 aliphatic heterocycles. The van der Waals surface area contributed by atoms with Crippen LogP contribution in [0.5, 0.6) is 11.5 Å². The van der Waals surface area contributed by atoms with Gasteiger partial charge in [0.2, 0.25) is 5.43 Å². The first-order chi connectivity index (χ1) is 19.9. The molecule has 0 saturated heterocycles. The summed E-state index contributed by atoms with van der Waals surface area (Å²) < 4.78 is 23.1. The molecule has 6 aromatic rings. The number of rotatable bonds is 6. The van der Waals surface area contributed by atoms with Crippen molar-refractivity contribution in [3.8, 4) is 22.6 Å². The fraction of sp³-hybridized carbons (Fsp3) is 0.121. The van der Waals surface area contributed by atoms with E-state index in [1.165, 1.54) is 12.1 Å². The molecule has 0 bridgehead atoms. The highest BCUT2D eigenvalue weighted by Gasteiger charge is 2.20. The molecular weight excluding hydrogens is 519 g/mol. The molecule has 2 N–H and O–H groups in total. The van der Waals surface area contributed by atoms with Crippen molar-refractivity contribution >= 4 is 33.5 Å². The van der Waals surface area contributed by atoms with Crippen LogP contribution in [0, 0.1) is 12.7 Å². The van der Waals surface area contributed by atoms with E-state index >= 15 is 4.39 Å². The van der Waals surface area contributed by atoms with Crippen LogP contribution in [0.1, 0.15) is 28.5 Å². The Hall–Kier alpha value is -5.24. The van der Waals surface area contributed by atoms with Crippen LogP contribution < -0.4 is 15.5 Å². The van der Waals surface area contributed by atoms with Gasteiger partial charge in [-0.25, -0.2) is 9.37 Å². The van der Waals surface area contributed by atoms with Crippen LogP contribution in [0.25, 0.3) is 33.1 Å². The molecular formula is C33H27FN4O3. The minimum atomic E-state index is -0.666. The number of carbonyl (C=O) groups is 1. The van der Waals surface area contributed by atoms with Crippen molar-refractivity contribution in [2.24, 2.45) is 7.05 Å². The second kappa shape index (κ2) is 10.4. The fourth-order valence-corrected chi connectivity index (χ4v) is 5.12. The van der Waals surface area contributed by atoms with Crippen molar-refractivity contribution in [3.63, 3.8) is 0 Å². The molecule has 0 spiro atoms. The summed E-state index contributed by atoms with van der Waals surface area (Å²) in [6.07, 6.45) is 4.20. The zero-order valence-corrected chi connectivity index (χ0v) is 22.8. The molecule has 0 fully saturated rings. The number of H-pyrrole nitrogens is 1. The van der Waals surface area contributed by atoms with Crippen molar-refractivity contribution in [3.05, 3.63) is 118 Å². The Bertz CT molecular complexity index is 2010. The van der Waals surface area contributed by atoms with Gasteiger partial charge in [0.05, 0.1) is 10.9 Å². The third-order valence-electron chi connectivity index (χ3n) is 7.42. The maximum absolute atomic E-state index is 15.3. The molecule has 0 aliphatic carbocycles. The van der Waals surface area contributed by atoms with Crippen LogP contribution in [-0.4, -0.2) is 20.4 Å². The number of nitrogens with one attached hydrogen (secondary N) is 2. The Morgan fingerprint density at radius 2 is 1.85 bits per heavy atom. The van der Waals surface area contributed by atoms with E-state index in [1.807, 2.05) is 73.3 Å². The predicted octanol–water partition coefficient (Wildman–Crippen LogP) is 7.14. The average molecular weight is 547 g/mol. The monoisotopic (exact) mass is 546 g/mol. The van der Waals surface area contributed by atoms with Gasteiger partial charge in [0.25, 0.3) is 5.91 Å². The lowest BCUT2D eigenvalue weighted by Crippen LogP contribution is -2.26. The minimum Gasteiger partial charge on any atom is -0.453 e. The largest absolute Gasteiger partial charge is 0.453 e. The van der Waals surface area contributed by atoms with E-state index in [0.29, 0.717) is 22.5 Å². The molecule has 3 heterocycles. The molecule has 3 aromatic heterocycles. The lowest BCUT2D eigenvalue weighted by Gasteiger charge is -2.15. The molecule has 0 atom stereocenters. The Kier molecular flexibility index (Phi) is 6.59. The van der Waals surface area contributed by atoms with Gasteiger partial charge in [-0.3, -0.25) is 9.59 Å². The van der Waals surface area contributed by atoms with Gasteiger partial charge in [-0.1, -0.05) is 43.3 Å². The second-order valence-electron chi connectivity index (χ2n) is 9.86. The van der Waals surface area contributed by atoms with Crippen LogP contribution >= 0.6 is 0 Å². The van der Waals surface area contributed by atoms with Crippen molar-refractivity contribution in [1.82, 2.24) is 14.5 Å². The number of aromatic amines is 1. The summed E-state index contributed by atoms with van der Waals surface area (Å²) in [7, 11) is 1.81. The number of fused-ring (bicyclic) bond motifs is 2. The number of pyridine rings is 2. The van der Waals surface area contributed by atoms with Crippen molar-refractivity contribution in [2.45, 2.75) is 20.3 Å². The van der Waals surface area contributed by atoms with Crippen molar-refractivity contribution in [2.75, 3.05) is 5.32 Å². The first kappa shape index (κ1) is 26.0. The van der Waals surface area contributed by atoms with Gasteiger partial charge in [0.15, 0.2) is 11.6 Å². The molecule has 41 heavy (non-hydrogen) atoms. The summed E-state index contributed by atoms with van der Waals surface area (Å²) in [5, 5.41) is 3.88. The number of anilines is 1. The minimum absolute atomic E-state index is 0.0133. The topological polar surface area (TPSA) is 89.0 Å². The van der Waals surface area contributed by atoms with Crippen LogP contribution in [0.15, 0.2) is 90.0 Å². The first-order valence-corrected chi connectivity index (χ1v) is 13.3. The number of nitrogens with zero attached hydrogens (tertiary/aromatic N) is 2. The summed E-state index contributed by atoms with van der Waals surface area (Å²) >= 11 is 0. The molecule has 0 unspecified atom stereocenters.